The zero-order valence-corrected chi connectivity index (χ0v) is 12.1. The van der Waals surface area contributed by atoms with Gasteiger partial charge in [0.1, 0.15) is 0 Å². The number of nitrogens with one attached hydrogen (secondary N) is 1. The van der Waals surface area contributed by atoms with Crippen molar-refractivity contribution in [3.05, 3.63) is 33.8 Å². The topological polar surface area (TPSA) is 29.1 Å². The van der Waals surface area contributed by atoms with Crippen LogP contribution in [-0.2, 0) is 0 Å². The molecule has 1 aliphatic carbocycles. The van der Waals surface area contributed by atoms with E-state index in [0.29, 0.717) is 32.9 Å². The van der Waals surface area contributed by atoms with Gasteiger partial charge in [-0.3, -0.25) is 4.79 Å². The molecule has 1 N–H and O–H groups in total. The first kappa shape index (κ1) is 13.2. The number of carbonyl (C=O) groups excluding carboxylic acids is 1. The summed E-state index contributed by atoms with van der Waals surface area (Å²) in [6.45, 7) is 0.617. The van der Waals surface area contributed by atoms with Crippen molar-refractivity contribution < 1.29 is 4.79 Å². The lowest BCUT2D eigenvalue weighted by atomic mass is 10.2. The average molecular weight is 337 g/mol. The van der Waals surface area contributed by atoms with Gasteiger partial charge in [-0.1, -0.05) is 39.1 Å². The minimum atomic E-state index is -0.178. The lowest BCUT2D eigenvalue weighted by Gasteiger charge is -2.11. The van der Waals surface area contributed by atoms with Crippen LogP contribution in [0.3, 0.4) is 0 Å². The van der Waals surface area contributed by atoms with Crippen LogP contribution in [0.1, 0.15) is 23.2 Å². The van der Waals surface area contributed by atoms with Crippen LogP contribution in [0, 0.1) is 5.92 Å². The zero-order chi connectivity index (χ0) is 12.4. The summed E-state index contributed by atoms with van der Waals surface area (Å²) >= 11 is 15.4. The fourth-order valence-electron chi connectivity index (χ4n) is 1.58. The van der Waals surface area contributed by atoms with Crippen LogP contribution in [0.5, 0.6) is 0 Å². The molecule has 5 heteroatoms. The van der Waals surface area contributed by atoms with E-state index in [1.165, 1.54) is 12.8 Å². The Kier molecular flexibility index (Phi) is 4.34. The summed E-state index contributed by atoms with van der Waals surface area (Å²) in [5.41, 5.74) is 0.426. The quantitative estimate of drug-likeness (QED) is 0.830. The van der Waals surface area contributed by atoms with E-state index in [9.17, 15) is 4.79 Å². The third kappa shape index (κ3) is 3.60. The van der Waals surface area contributed by atoms with Crippen molar-refractivity contribution >= 4 is 45.0 Å². The lowest BCUT2D eigenvalue weighted by Crippen LogP contribution is -2.30. The Bertz CT molecular complexity index is 435. The minimum Gasteiger partial charge on any atom is -0.351 e. The fourth-order valence-corrected chi connectivity index (χ4v) is 2.65. The molecule has 1 unspecified atom stereocenters. The maximum absolute atomic E-state index is 11.9. The Morgan fingerprint density at radius 2 is 2.18 bits per heavy atom. The summed E-state index contributed by atoms with van der Waals surface area (Å²) in [4.78, 5) is 12.2. The Morgan fingerprint density at radius 3 is 2.82 bits per heavy atom. The first-order valence-corrected chi connectivity index (χ1v) is 7.12. The predicted octanol–water partition coefficient (Wildman–Crippen LogP) is 3.90. The van der Waals surface area contributed by atoms with E-state index >= 15 is 0 Å². The SMILES string of the molecule is O=C(NCC(Br)C1CC1)c1cc(Cl)ccc1Cl. The molecule has 1 aromatic carbocycles. The highest BCUT2D eigenvalue weighted by atomic mass is 79.9. The van der Waals surface area contributed by atoms with Gasteiger partial charge in [0, 0.05) is 16.4 Å². The molecule has 1 fully saturated rings. The molecule has 92 valence electrons. The minimum absolute atomic E-state index is 0.178. The number of carbonyl (C=O) groups is 1. The van der Waals surface area contributed by atoms with E-state index in [0.717, 1.165) is 0 Å². The average Bonchev–Trinajstić information content (AvgIpc) is 3.12. The van der Waals surface area contributed by atoms with Gasteiger partial charge in [0.25, 0.3) is 5.91 Å². The number of hydrogen-bond donors (Lipinski definition) is 1. The van der Waals surface area contributed by atoms with Gasteiger partial charge in [-0.15, -0.1) is 0 Å². The van der Waals surface area contributed by atoms with Crippen LogP contribution in [-0.4, -0.2) is 17.3 Å². The Balaban J connectivity index is 1.96. The molecular weight excluding hydrogens is 325 g/mol. The second-order valence-electron chi connectivity index (χ2n) is 4.19. The number of alkyl halides is 1. The van der Waals surface area contributed by atoms with Crippen molar-refractivity contribution in [3.8, 4) is 0 Å². The maximum atomic E-state index is 11.9. The molecule has 1 amide bonds. The number of halogens is 3. The van der Waals surface area contributed by atoms with E-state index in [4.69, 9.17) is 23.2 Å². The third-order valence-electron chi connectivity index (χ3n) is 2.76. The molecule has 1 atom stereocenters. The summed E-state index contributed by atoms with van der Waals surface area (Å²) in [6, 6.07) is 4.88. The molecule has 0 heterocycles. The highest BCUT2D eigenvalue weighted by Gasteiger charge is 2.29. The normalized spacial score (nSPS) is 16.6. The molecule has 0 aromatic heterocycles. The summed E-state index contributed by atoms with van der Waals surface area (Å²) < 4.78 is 0. The number of rotatable bonds is 4. The van der Waals surface area contributed by atoms with Crippen LogP contribution in [0.2, 0.25) is 10.0 Å². The van der Waals surface area contributed by atoms with Crippen LogP contribution in [0.25, 0.3) is 0 Å². The first-order chi connectivity index (χ1) is 8.08. The molecule has 2 nitrogen and oxygen atoms in total. The van der Waals surface area contributed by atoms with Gasteiger partial charge >= 0.3 is 0 Å². The highest BCUT2D eigenvalue weighted by molar-refractivity contribution is 9.09. The summed E-state index contributed by atoms with van der Waals surface area (Å²) in [5, 5.41) is 3.79. The maximum Gasteiger partial charge on any atom is 0.252 e. The second kappa shape index (κ2) is 5.59. The van der Waals surface area contributed by atoms with E-state index in [1.54, 1.807) is 18.2 Å². The zero-order valence-electron chi connectivity index (χ0n) is 9.05. The van der Waals surface area contributed by atoms with E-state index in [-0.39, 0.29) is 5.91 Å². The van der Waals surface area contributed by atoms with Crippen LogP contribution < -0.4 is 5.32 Å². The highest BCUT2D eigenvalue weighted by Crippen LogP contribution is 2.36. The van der Waals surface area contributed by atoms with Gasteiger partial charge in [0.15, 0.2) is 0 Å². The Morgan fingerprint density at radius 1 is 1.47 bits per heavy atom. The van der Waals surface area contributed by atoms with Gasteiger partial charge in [0.2, 0.25) is 0 Å². The second-order valence-corrected chi connectivity index (χ2v) is 6.21. The van der Waals surface area contributed by atoms with Crippen molar-refractivity contribution in [2.45, 2.75) is 17.7 Å². The molecule has 17 heavy (non-hydrogen) atoms. The van der Waals surface area contributed by atoms with Gasteiger partial charge in [-0.05, 0) is 37.0 Å². The molecule has 2 rings (SSSR count). The van der Waals surface area contributed by atoms with Crippen molar-refractivity contribution in [2.75, 3.05) is 6.54 Å². The molecule has 1 saturated carbocycles. The summed E-state index contributed by atoms with van der Waals surface area (Å²) in [5.74, 6) is 0.521. The van der Waals surface area contributed by atoms with E-state index in [1.807, 2.05) is 0 Å². The number of amides is 1. The van der Waals surface area contributed by atoms with Crippen molar-refractivity contribution in [3.63, 3.8) is 0 Å². The molecule has 0 radical (unpaired) electrons. The number of hydrogen-bond acceptors (Lipinski definition) is 1. The van der Waals surface area contributed by atoms with E-state index in [2.05, 4.69) is 21.2 Å². The van der Waals surface area contributed by atoms with Crippen molar-refractivity contribution in [1.29, 1.82) is 0 Å². The molecule has 0 spiro atoms. The largest absolute Gasteiger partial charge is 0.351 e. The van der Waals surface area contributed by atoms with Crippen LogP contribution in [0.4, 0.5) is 0 Å². The first-order valence-electron chi connectivity index (χ1n) is 5.45. The standard InChI is InChI=1S/C12H12BrCl2NO/c13-10(7-1-2-7)6-16-12(17)9-5-8(14)3-4-11(9)15/h3-5,7,10H,1-2,6H2,(H,16,17). The predicted molar refractivity (Wildman–Crippen MR) is 74.2 cm³/mol. The lowest BCUT2D eigenvalue weighted by molar-refractivity contribution is 0.0953. The van der Waals surface area contributed by atoms with Crippen molar-refractivity contribution in [1.82, 2.24) is 5.32 Å². The fraction of sp³-hybridized carbons (Fsp3) is 0.417. The van der Waals surface area contributed by atoms with Crippen LogP contribution >= 0.6 is 39.1 Å². The summed E-state index contributed by atoms with van der Waals surface area (Å²) in [7, 11) is 0. The van der Waals surface area contributed by atoms with Gasteiger partial charge in [-0.25, -0.2) is 0 Å². The molecule has 0 saturated heterocycles. The van der Waals surface area contributed by atoms with Gasteiger partial charge < -0.3 is 5.32 Å². The van der Waals surface area contributed by atoms with E-state index < -0.39 is 0 Å². The third-order valence-corrected chi connectivity index (χ3v) is 4.40. The van der Waals surface area contributed by atoms with Gasteiger partial charge in [0.05, 0.1) is 10.6 Å². The molecule has 1 aromatic rings. The van der Waals surface area contributed by atoms with Crippen LogP contribution in [0.15, 0.2) is 18.2 Å². The summed E-state index contributed by atoms with van der Waals surface area (Å²) in [6.07, 6.45) is 2.48. The monoisotopic (exact) mass is 335 g/mol. The number of benzene rings is 1. The Labute approximate surface area is 119 Å². The van der Waals surface area contributed by atoms with Gasteiger partial charge in [-0.2, -0.15) is 0 Å². The molecular formula is C12H12BrCl2NO. The van der Waals surface area contributed by atoms with Crippen molar-refractivity contribution in [2.24, 2.45) is 5.92 Å². The molecule has 0 bridgehead atoms. The molecule has 0 aliphatic heterocycles. The smallest absolute Gasteiger partial charge is 0.252 e. The Hall–Kier alpha value is -0.250. The molecule has 1 aliphatic rings.